The summed E-state index contributed by atoms with van der Waals surface area (Å²) < 4.78 is 1.92. The summed E-state index contributed by atoms with van der Waals surface area (Å²) >= 11 is -0.552. The van der Waals surface area contributed by atoms with E-state index in [0.717, 1.165) is 7.14 Å². The van der Waals surface area contributed by atoms with E-state index < -0.39 is 21.2 Å². The molecule has 0 aliphatic carbocycles. The fraction of sp³-hybridized carbons (Fsp3) is 0. The molecule has 3 nitrogen and oxygen atoms in total. The first-order valence-electron chi connectivity index (χ1n) is 5.76. The molecule has 0 saturated carbocycles. The Morgan fingerprint density at radius 2 is 1.75 bits per heavy atom. The van der Waals surface area contributed by atoms with Crippen molar-refractivity contribution >= 4 is 6.08 Å². The van der Waals surface area contributed by atoms with Crippen molar-refractivity contribution in [1.29, 1.82) is 10.5 Å². The third kappa shape index (κ3) is 3.59. The average molecular weight is 372 g/mol. The van der Waals surface area contributed by atoms with Gasteiger partial charge in [0.05, 0.1) is 0 Å². The molecule has 0 aromatic heterocycles. The molecule has 2 aromatic rings. The summed E-state index contributed by atoms with van der Waals surface area (Å²) in [5.41, 5.74) is 0.751. The largest absolute Gasteiger partial charge is 0.869 e. The summed E-state index contributed by atoms with van der Waals surface area (Å²) in [7, 11) is 0. The fourth-order valence-corrected chi connectivity index (χ4v) is 3.94. The Labute approximate surface area is 127 Å². The van der Waals surface area contributed by atoms with Crippen LogP contribution in [0.3, 0.4) is 0 Å². The topological polar surface area (TPSA) is 70.6 Å². The van der Waals surface area contributed by atoms with Gasteiger partial charge in [0.15, 0.2) is 7.14 Å². The molecular weight excluding hydrogens is 363 g/mol. The number of nitriles is 2. The van der Waals surface area contributed by atoms with E-state index in [9.17, 15) is 5.11 Å². The lowest BCUT2D eigenvalue weighted by Crippen LogP contribution is -3.61. The first-order chi connectivity index (χ1) is 9.72. The van der Waals surface area contributed by atoms with Gasteiger partial charge in [-0.15, -0.1) is 0 Å². The Bertz CT molecular complexity index is 708. The fourth-order valence-electron chi connectivity index (χ4n) is 1.53. The second-order valence-corrected chi connectivity index (χ2v) is 6.81. The average Bonchev–Trinajstić information content (AvgIpc) is 2.49. The number of allylic oxidation sites excluding steroid dienone is 1. The molecular formula is C16H9IN2O. The lowest BCUT2D eigenvalue weighted by molar-refractivity contribution is -0.603. The van der Waals surface area contributed by atoms with Crippen molar-refractivity contribution in [1.82, 2.24) is 0 Å². The van der Waals surface area contributed by atoms with Crippen LogP contribution in [0, 0.1) is 29.8 Å². The Morgan fingerprint density at radius 1 is 1.05 bits per heavy atom. The van der Waals surface area contributed by atoms with Crippen molar-refractivity contribution in [3.8, 4) is 17.9 Å². The van der Waals surface area contributed by atoms with Gasteiger partial charge in [-0.3, -0.25) is 0 Å². The van der Waals surface area contributed by atoms with Gasteiger partial charge in [0.1, 0.15) is 17.7 Å². The minimum absolute atomic E-state index is 0.00858. The smallest absolute Gasteiger partial charge is 0.357 e. The van der Waals surface area contributed by atoms with Crippen molar-refractivity contribution < 1.29 is 26.3 Å². The summed E-state index contributed by atoms with van der Waals surface area (Å²) in [6.45, 7) is 0. The first-order valence-corrected chi connectivity index (χ1v) is 7.91. The number of hydrogen-bond acceptors (Lipinski definition) is 3. The SMILES string of the molecule is N#CC(C#N)=Cc1ccc([O-])c([I+]c2ccccc2)c1. The number of halogens is 1. The highest BCUT2D eigenvalue weighted by molar-refractivity contribution is 5.62. The predicted octanol–water partition coefficient (Wildman–Crippen LogP) is -0.681. The zero-order chi connectivity index (χ0) is 14.4. The van der Waals surface area contributed by atoms with Crippen LogP contribution in [0.1, 0.15) is 5.56 Å². The molecule has 0 saturated heterocycles. The van der Waals surface area contributed by atoms with Crippen LogP contribution in [0.5, 0.6) is 5.75 Å². The minimum atomic E-state index is -0.552. The van der Waals surface area contributed by atoms with Gasteiger partial charge in [-0.25, -0.2) is 0 Å². The molecule has 0 radical (unpaired) electrons. The number of hydrogen-bond donors (Lipinski definition) is 0. The van der Waals surface area contributed by atoms with Gasteiger partial charge in [0.2, 0.25) is 0 Å². The first kappa shape index (κ1) is 14.1. The van der Waals surface area contributed by atoms with Gasteiger partial charge >= 0.3 is 21.2 Å². The van der Waals surface area contributed by atoms with Gasteiger partial charge < -0.3 is 5.11 Å². The van der Waals surface area contributed by atoms with Gasteiger partial charge in [0.25, 0.3) is 0 Å². The molecule has 0 atom stereocenters. The van der Waals surface area contributed by atoms with E-state index in [-0.39, 0.29) is 11.3 Å². The molecule has 0 N–H and O–H groups in total. The molecule has 20 heavy (non-hydrogen) atoms. The molecule has 0 bridgehead atoms. The zero-order valence-electron chi connectivity index (χ0n) is 10.4. The molecule has 0 heterocycles. The Morgan fingerprint density at radius 3 is 2.40 bits per heavy atom. The van der Waals surface area contributed by atoms with E-state index in [1.807, 2.05) is 42.5 Å². The van der Waals surface area contributed by atoms with Crippen molar-refractivity contribution in [3.63, 3.8) is 0 Å². The Balaban J connectivity index is 2.33. The van der Waals surface area contributed by atoms with E-state index in [1.54, 1.807) is 12.1 Å². The minimum Gasteiger partial charge on any atom is -0.869 e. The molecule has 0 amide bonds. The maximum absolute atomic E-state index is 11.9. The summed E-state index contributed by atoms with van der Waals surface area (Å²) in [6, 6.07) is 18.4. The number of rotatable bonds is 3. The van der Waals surface area contributed by atoms with Crippen LogP contribution in [-0.4, -0.2) is 0 Å². The van der Waals surface area contributed by atoms with E-state index in [1.165, 1.54) is 12.1 Å². The quantitative estimate of drug-likeness (QED) is 0.530. The van der Waals surface area contributed by atoms with E-state index in [2.05, 4.69) is 0 Å². The predicted molar refractivity (Wildman–Crippen MR) is 68.9 cm³/mol. The monoisotopic (exact) mass is 372 g/mol. The summed E-state index contributed by atoms with van der Waals surface area (Å²) in [6.07, 6.45) is 1.50. The molecule has 0 aliphatic heterocycles. The van der Waals surface area contributed by atoms with Crippen molar-refractivity contribution in [2.75, 3.05) is 0 Å². The van der Waals surface area contributed by atoms with Gasteiger partial charge in [-0.1, -0.05) is 36.1 Å². The Hall–Kier alpha value is -2.31. The molecule has 2 rings (SSSR count). The van der Waals surface area contributed by atoms with Crippen LogP contribution >= 0.6 is 0 Å². The van der Waals surface area contributed by atoms with Crippen LogP contribution in [0.2, 0.25) is 0 Å². The van der Waals surface area contributed by atoms with Gasteiger partial charge in [-0.05, 0) is 29.8 Å². The van der Waals surface area contributed by atoms with Gasteiger partial charge in [0, 0.05) is 0 Å². The van der Waals surface area contributed by atoms with Crippen LogP contribution in [-0.2, 0) is 0 Å². The standard InChI is InChI=1S/C16H9IN2O/c18-10-13(11-19)8-12-6-7-16(20)15(9-12)17-14-4-2-1-3-5-14/h1-9H. The van der Waals surface area contributed by atoms with Crippen molar-refractivity contribution in [2.45, 2.75) is 0 Å². The molecule has 0 aliphatic rings. The maximum atomic E-state index is 11.9. The number of benzene rings is 2. The Kier molecular flexibility index (Phi) is 4.75. The molecule has 0 fully saturated rings. The van der Waals surface area contributed by atoms with Crippen LogP contribution < -0.4 is 26.3 Å². The molecule has 96 valence electrons. The molecule has 0 unspecified atom stereocenters. The van der Waals surface area contributed by atoms with Crippen LogP contribution in [0.15, 0.2) is 54.1 Å². The molecule has 4 heteroatoms. The van der Waals surface area contributed by atoms with Crippen molar-refractivity contribution in [2.24, 2.45) is 0 Å². The van der Waals surface area contributed by atoms with E-state index in [4.69, 9.17) is 10.5 Å². The third-order valence-corrected chi connectivity index (χ3v) is 5.22. The number of nitrogens with zero attached hydrogens (tertiary/aromatic N) is 2. The second kappa shape index (κ2) is 6.74. The highest BCUT2D eigenvalue weighted by Gasteiger charge is 2.16. The highest BCUT2D eigenvalue weighted by Crippen LogP contribution is 2.10. The third-order valence-electron chi connectivity index (χ3n) is 2.45. The lowest BCUT2D eigenvalue weighted by atomic mass is 10.1. The summed E-state index contributed by atoms with van der Waals surface area (Å²) in [5, 5.41) is 29.4. The van der Waals surface area contributed by atoms with Crippen LogP contribution in [0.4, 0.5) is 0 Å². The molecule has 2 aromatic carbocycles. The summed E-state index contributed by atoms with van der Waals surface area (Å²) in [4.78, 5) is 0. The normalized spacial score (nSPS) is 9.30. The van der Waals surface area contributed by atoms with E-state index >= 15 is 0 Å². The van der Waals surface area contributed by atoms with E-state index in [0.29, 0.717) is 5.56 Å². The van der Waals surface area contributed by atoms with Gasteiger partial charge in [-0.2, -0.15) is 10.5 Å². The highest BCUT2D eigenvalue weighted by atomic mass is 127. The summed E-state index contributed by atoms with van der Waals surface area (Å²) in [5.74, 6) is 0.00858. The second-order valence-electron chi connectivity index (χ2n) is 3.86. The lowest BCUT2D eigenvalue weighted by Gasteiger charge is -2.05. The maximum Gasteiger partial charge on any atom is 0.357 e. The molecule has 0 spiro atoms. The zero-order valence-corrected chi connectivity index (χ0v) is 12.5. The van der Waals surface area contributed by atoms with Crippen LogP contribution in [0.25, 0.3) is 6.08 Å². The van der Waals surface area contributed by atoms with Crippen molar-refractivity contribution in [3.05, 3.63) is 66.8 Å².